The Kier molecular flexibility index (Phi) is 5.08. The van der Waals surface area contributed by atoms with E-state index in [0.717, 1.165) is 0 Å². The quantitative estimate of drug-likeness (QED) is 0.792. The van der Waals surface area contributed by atoms with E-state index in [2.05, 4.69) is 20.7 Å². The highest BCUT2D eigenvalue weighted by atomic mass is 79.9. The van der Waals surface area contributed by atoms with Gasteiger partial charge >= 0.3 is 6.18 Å². The molecule has 0 spiro atoms. The van der Waals surface area contributed by atoms with Crippen LogP contribution < -0.4 is 10.5 Å². The van der Waals surface area contributed by atoms with Crippen LogP contribution >= 0.6 is 15.9 Å². The standard InChI is InChI=1S/C10H12BrF3N2O2S/c11-8-6-7(2-3-9(8)15)16-19(17,18)5-1-4-10(12,13)14/h2-3,6,16H,1,4-5,15H2. The first-order chi connectivity index (χ1) is 8.59. The van der Waals surface area contributed by atoms with Crippen LogP contribution in [0, 0.1) is 0 Å². The molecule has 0 unspecified atom stereocenters. The van der Waals surface area contributed by atoms with Gasteiger partial charge in [0.25, 0.3) is 0 Å². The van der Waals surface area contributed by atoms with Gasteiger partial charge in [-0.25, -0.2) is 8.42 Å². The molecule has 1 aromatic rings. The fourth-order valence-corrected chi connectivity index (χ4v) is 2.78. The maximum Gasteiger partial charge on any atom is 0.389 e. The van der Waals surface area contributed by atoms with Crippen molar-refractivity contribution in [3.8, 4) is 0 Å². The van der Waals surface area contributed by atoms with Gasteiger partial charge in [-0.05, 0) is 40.5 Å². The molecule has 3 N–H and O–H groups in total. The Morgan fingerprint density at radius 2 is 1.95 bits per heavy atom. The van der Waals surface area contributed by atoms with E-state index in [4.69, 9.17) is 5.73 Å². The Bertz CT molecular complexity index is 546. The van der Waals surface area contributed by atoms with Gasteiger partial charge in [0, 0.05) is 22.3 Å². The molecule has 0 amide bonds. The lowest BCUT2D eigenvalue weighted by atomic mass is 10.3. The fraction of sp³-hybridized carbons (Fsp3) is 0.400. The van der Waals surface area contributed by atoms with Gasteiger partial charge in [0.15, 0.2) is 0 Å². The lowest BCUT2D eigenvalue weighted by Gasteiger charge is -2.10. The summed E-state index contributed by atoms with van der Waals surface area (Å²) >= 11 is 3.12. The zero-order chi connectivity index (χ0) is 14.7. The van der Waals surface area contributed by atoms with Crippen LogP contribution in [-0.4, -0.2) is 20.3 Å². The van der Waals surface area contributed by atoms with Crippen molar-refractivity contribution in [3.05, 3.63) is 22.7 Å². The fourth-order valence-electron chi connectivity index (χ4n) is 1.28. The molecule has 0 aliphatic carbocycles. The topological polar surface area (TPSA) is 72.2 Å². The van der Waals surface area contributed by atoms with E-state index in [0.29, 0.717) is 10.2 Å². The summed E-state index contributed by atoms with van der Waals surface area (Å²) in [5.41, 5.74) is 6.21. The van der Waals surface area contributed by atoms with Crippen LogP contribution in [0.2, 0.25) is 0 Å². The van der Waals surface area contributed by atoms with E-state index in [1.54, 1.807) is 0 Å². The van der Waals surface area contributed by atoms with Gasteiger partial charge in [-0.3, -0.25) is 4.72 Å². The van der Waals surface area contributed by atoms with Gasteiger partial charge < -0.3 is 5.73 Å². The maximum absolute atomic E-state index is 11.9. The van der Waals surface area contributed by atoms with E-state index in [1.807, 2.05) is 0 Å². The van der Waals surface area contributed by atoms with Crippen molar-refractivity contribution in [1.29, 1.82) is 0 Å². The second-order valence-electron chi connectivity index (χ2n) is 3.88. The summed E-state index contributed by atoms with van der Waals surface area (Å²) < 4.78 is 61.6. The van der Waals surface area contributed by atoms with E-state index in [1.165, 1.54) is 18.2 Å². The first kappa shape index (κ1) is 16.1. The summed E-state index contributed by atoms with van der Waals surface area (Å²) in [6, 6.07) is 4.36. The molecule has 9 heteroatoms. The van der Waals surface area contributed by atoms with Crippen molar-refractivity contribution in [2.75, 3.05) is 16.2 Å². The van der Waals surface area contributed by atoms with Gasteiger partial charge in [0.2, 0.25) is 10.0 Å². The molecule has 0 aliphatic rings. The number of sulfonamides is 1. The largest absolute Gasteiger partial charge is 0.398 e. The predicted molar refractivity (Wildman–Crippen MR) is 71.3 cm³/mol. The van der Waals surface area contributed by atoms with E-state index < -0.39 is 34.8 Å². The number of nitrogens with two attached hydrogens (primary N) is 1. The van der Waals surface area contributed by atoms with Crippen LogP contribution in [-0.2, 0) is 10.0 Å². The zero-order valence-corrected chi connectivity index (χ0v) is 12.1. The van der Waals surface area contributed by atoms with E-state index >= 15 is 0 Å². The molecule has 0 aliphatic heterocycles. The second kappa shape index (κ2) is 6.00. The maximum atomic E-state index is 11.9. The van der Waals surface area contributed by atoms with Crippen LogP contribution in [0.25, 0.3) is 0 Å². The average molecular weight is 361 g/mol. The summed E-state index contributed by atoms with van der Waals surface area (Å²) in [7, 11) is -3.80. The molecule has 19 heavy (non-hydrogen) atoms. The minimum Gasteiger partial charge on any atom is -0.398 e. The number of hydrogen-bond donors (Lipinski definition) is 2. The zero-order valence-electron chi connectivity index (χ0n) is 9.67. The SMILES string of the molecule is Nc1ccc(NS(=O)(=O)CCCC(F)(F)F)cc1Br. The lowest BCUT2D eigenvalue weighted by molar-refractivity contribution is -0.134. The third-order valence-electron chi connectivity index (χ3n) is 2.15. The van der Waals surface area contributed by atoms with Crippen LogP contribution in [0.15, 0.2) is 22.7 Å². The summed E-state index contributed by atoms with van der Waals surface area (Å²) in [5, 5.41) is 0. The molecule has 108 valence electrons. The molecule has 0 saturated carbocycles. The highest BCUT2D eigenvalue weighted by Crippen LogP contribution is 2.25. The normalized spacial score (nSPS) is 12.4. The van der Waals surface area contributed by atoms with Crippen molar-refractivity contribution in [3.63, 3.8) is 0 Å². The van der Waals surface area contributed by atoms with Crippen LogP contribution in [0.4, 0.5) is 24.5 Å². The number of benzene rings is 1. The van der Waals surface area contributed by atoms with Crippen molar-refractivity contribution >= 4 is 37.3 Å². The number of nitrogens with one attached hydrogen (secondary N) is 1. The number of anilines is 2. The smallest absolute Gasteiger partial charge is 0.389 e. The molecular formula is C10H12BrF3N2O2S. The highest BCUT2D eigenvalue weighted by molar-refractivity contribution is 9.10. The molecule has 1 aromatic carbocycles. The number of halogens is 4. The molecule has 0 aromatic heterocycles. The average Bonchev–Trinajstić information content (AvgIpc) is 2.20. The highest BCUT2D eigenvalue weighted by Gasteiger charge is 2.27. The molecule has 0 atom stereocenters. The Labute approximate surface area is 117 Å². The molecule has 0 heterocycles. The molecule has 4 nitrogen and oxygen atoms in total. The molecular weight excluding hydrogens is 349 g/mol. The Morgan fingerprint density at radius 1 is 1.32 bits per heavy atom. The van der Waals surface area contributed by atoms with Crippen molar-refractivity contribution < 1.29 is 21.6 Å². The number of hydrogen-bond acceptors (Lipinski definition) is 3. The summed E-state index contributed by atoms with van der Waals surface area (Å²) in [4.78, 5) is 0. The Hall–Kier alpha value is -0.960. The van der Waals surface area contributed by atoms with Crippen LogP contribution in [0.3, 0.4) is 0 Å². The third-order valence-corrected chi connectivity index (χ3v) is 4.21. The third kappa shape index (κ3) is 6.15. The summed E-state index contributed by atoms with van der Waals surface area (Å²) in [6.07, 6.45) is -5.95. The molecule has 0 radical (unpaired) electrons. The first-order valence-electron chi connectivity index (χ1n) is 5.21. The minimum absolute atomic E-state index is 0.244. The number of rotatable bonds is 5. The van der Waals surface area contributed by atoms with E-state index in [-0.39, 0.29) is 5.69 Å². The Morgan fingerprint density at radius 3 is 2.47 bits per heavy atom. The van der Waals surface area contributed by atoms with Gasteiger partial charge in [0.1, 0.15) is 0 Å². The minimum atomic E-state index is -4.35. The summed E-state index contributed by atoms with van der Waals surface area (Å²) in [6.45, 7) is 0. The van der Waals surface area contributed by atoms with Gasteiger partial charge in [-0.1, -0.05) is 0 Å². The van der Waals surface area contributed by atoms with Crippen LogP contribution in [0.1, 0.15) is 12.8 Å². The molecule has 0 bridgehead atoms. The Balaban J connectivity index is 2.61. The van der Waals surface area contributed by atoms with Crippen molar-refractivity contribution in [2.24, 2.45) is 0 Å². The first-order valence-corrected chi connectivity index (χ1v) is 7.66. The van der Waals surface area contributed by atoms with Gasteiger partial charge in [0.05, 0.1) is 5.75 Å². The second-order valence-corrected chi connectivity index (χ2v) is 6.57. The van der Waals surface area contributed by atoms with Gasteiger partial charge in [-0.15, -0.1) is 0 Å². The lowest BCUT2D eigenvalue weighted by Crippen LogP contribution is -2.18. The van der Waals surface area contributed by atoms with E-state index in [9.17, 15) is 21.6 Å². The van der Waals surface area contributed by atoms with Crippen LogP contribution in [0.5, 0.6) is 0 Å². The molecule has 0 fully saturated rings. The van der Waals surface area contributed by atoms with Gasteiger partial charge in [-0.2, -0.15) is 13.2 Å². The molecule has 0 saturated heterocycles. The monoisotopic (exact) mass is 360 g/mol. The number of alkyl halides is 3. The summed E-state index contributed by atoms with van der Waals surface area (Å²) in [5.74, 6) is -0.589. The van der Waals surface area contributed by atoms with Crippen molar-refractivity contribution in [1.82, 2.24) is 0 Å². The van der Waals surface area contributed by atoms with Crippen molar-refractivity contribution in [2.45, 2.75) is 19.0 Å². The number of nitrogen functional groups attached to an aromatic ring is 1. The molecule has 1 rings (SSSR count). The predicted octanol–water partition coefficient (Wildman–Crippen LogP) is 3.12.